The maximum absolute atomic E-state index is 12.2. The topological polar surface area (TPSA) is 50.4 Å². The third-order valence-corrected chi connectivity index (χ3v) is 3.02. The molecule has 0 radical (unpaired) electrons. The van der Waals surface area contributed by atoms with Gasteiger partial charge < -0.3 is 15.4 Å². The number of hydrogen-bond acceptors (Lipinski definition) is 3. The van der Waals surface area contributed by atoms with Gasteiger partial charge in [0, 0.05) is 12.6 Å². The lowest BCUT2D eigenvalue weighted by Crippen LogP contribution is -2.37. The van der Waals surface area contributed by atoms with Gasteiger partial charge in [0.25, 0.3) is 5.91 Å². The Morgan fingerprint density at radius 1 is 1.47 bits per heavy atom. The molecule has 0 spiro atoms. The number of rotatable bonds is 5. The normalized spacial score (nSPS) is 18.6. The zero-order valence-corrected chi connectivity index (χ0v) is 10.4. The van der Waals surface area contributed by atoms with Gasteiger partial charge >= 0.3 is 6.61 Å². The van der Waals surface area contributed by atoms with Crippen LogP contribution >= 0.6 is 0 Å². The van der Waals surface area contributed by atoms with E-state index >= 15 is 0 Å². The van der Waals surface area contributed by atoms with Crippen LogP contribution < -0.4 is 15.4 Å². The Bertz CT molecular complexity index is 434. The molecule has 1 atom stereocenters. The van der Waals surface area contributed by atoms with Crippen LogP contribution in [0.25, 0.3) is 0 Å². The Morgan fingerprint density at radius 2 is 2.26 bits per heavy atom. The summed E-state index contributed by atoms with van der Waals surface area (Å²) in [5.41, 5.74) is 0.126. The number of para-hydroxylation sites is 1. The molecule has 1 aromatic carbocycles. The summed E-state index contributed by atoms with van der Waals surface area (Å²) in [6, 6.07) is 6.24. The van der Waals surface area contributed by atoms with Crippen molar-refractivity contribution in [1.29, 1.82) is 0 Å². The lowest BCUT2D eigenvalue weighted by molar-refractivity contribution is -0.0501. The molecule has 1 unspecified atom stereocenters. The predicted molar refractivity (Wildman–Crippen MR) is 66.4 cm³/mol. The summed E-state index contributed by atoms with van der Waals surface area (Å²) in [5.74, 6) is -0.501. The Hall–Kier alpha value is -1.69. The number of hydrogen-bond donors (Lipinski definition) is 2. The standard InChI is InChI=1S/C13H16F2N2O2/c14-13(15)19-11-6-2-1-5-10(11)12(18)17-8-9-4-3-7-16-9/h1-2,5-6,9,13,16H,3-4,7-8H2,(H,17,18). The van der Waals surface area contributed by atoms with Crippen molar-refractivity contribution in [3.8, 4) is 5.75 Å². The number of halogens is 2. The lowest BCUT2D eigenvalue weighted by atomic mass is 10.1. The molecule has 0 saturated carbocycles. The van der Waals surface area contributed by atoms with Crippen molar-refractivity contribution in [2.24, 2.45) is 0 Å². The van der Waals surface area contributed by atoms with Crippen LogP contribution in [0.5, 0.6) is 5.75 Å². The maximum atomic E-state index is 12.2. The van der Waals surface area contributed by atoms with Crippen molar-refractivity contribution in [3.05, 3.63) is 29.8 Å². The Morgan fingerprint density at radius 3 is 2.95 bits per heavy atom. The molecule has 1 aromatic rings. The van der Waals surface area contributed by atoms with Crippen LogP contribution in [0.1, 0.15) is 23.2 Å². The summed E-state index contributed by atoms with van der Waals surface area (Å²) < 4.78 is 28.8. The zero-order valence-electron chi connectivity index (χ0n) is 10.4. The van der Waals surface area contributed by atoms with E-state index in [-0.39, 0.29) is 17.4 Å². The van der Waals surface area contributed by atoms with Gasteiger partial charge in [0.2, 0.25) is 0 Å². The second-order valence-corrected chi connectivity index (χ2v) is 4.38. The fourth-order valence-corrected chi connectivity index (χ4v) is 2.10. The molecule has 0 bridgehead atoms. The number of alkyl halides is 2. The SMILES string of the molecule is O=C(NCC1CCCN1)c1ccccc1OC(F)F. The predicted octanol–water partition coefficient (Wildman–Crippen LogP) is 1.77. The first kappa shape index (κ1) is 13.7. The van der Waals surface area contributed by atoms with E-state index in [2.05, 4.69) is 15.4 Å². The molecule has 104 valence electrons. The molecule has 1 heterocycles. The van der Waals surface area contributed by atoms with Gasteiger partial charge in [-0.3, -0.25) is 4.79 Å². The van der Waals surface area contributed by atoms with Gasteiger partial charge in [0.15, 0.2) is 0 Å². The quantitative estimate of drug-likeness (QED) is 0.857. The van der Waals surface area contributed by atoms with E-state index in [1.807, 2.05) is 0 Å². The Kier molecular flexibility index (Phi) is 4.68. The number of carbonyl (C=O) groups excluding carboxylic acids is 1. The molecule has 1 aliphatic rings. The molecule has 4 nitrogen and oxygen atoms in total. The highest BCUT2D eigenvalue weighted by molar-refractivity contribution is 5.96. The van der Waals surface area contributed by atoms with Crippen LogP contribution in [0.2, 0.25) is 0 Å². The van der Waals surface area contributed by atoms with Gasteiger partial charge in [-0.15, -0.1) is 0 Å². The molecule has 1 saturated heterocycles. The van der Waals surface area contributed by atoms with E-state index in [4.69, 9.17) is 0 Å². The third-order valence-electron chi connectivity index (χ3n) is 3.02. The van der Waals surface area contributed by atoms with Crippen LogP contribution in [0.3, 0.4) is 0 Å². The number of nitrogens with one attached hydrogen (secondary N) is 2. The van der Waals surface area contributed by atoms with Crippen molar-refractivity contribution in [2.45, 2.75) is 25.5 Å². The summed E-state index contributed by atoms with van der Waals surface area (Å²) in [6.45, 7) is -1.50. The molecule has 19 heavy (non-hydrogen) atoms. The highest BCUT2D eigenvalue weighted by atomic mass is 19.3. The van der Waals surface area contributed by atoms with Gasteiger partial charge in [-0.25, -0.2) is 0 Å². The van der Waals surface area contributed by atoms with Crippen molar-refractivity contribution in [3.63, 3.8) is 0 Å². The minimum Gasteiger partial charge on any atom is -0.434 e. The molecule has 0 aliphatic carbocycles. The molecular formula is C13H16F2N2O2. The summed E-state index contributed by atoms with van der Waals surface area (Å²) in [4.78, 5) is 11.9. The molecule has 1 fully saturated rings. The highest BCUT2D eigenvalue weighted by Gasteiger charge is 2.18. The number of amides is 1. The zero-order chi connectivity index (χ0) is 13.7. The largest absolute Gasteiger partial charge is 0.434 e. The molecule has 0 aromatic heterocycles. The molecule has 6 heteroatoms. The van der Waals surface area contributed by atoms with Crippen LogP contribution in [0.15, 0.2) is 24.3 Å². The monoisotopic (exact) mass is 270 g/mol. The van der Waals surface area contributed by atoms with Crippen molar-refractivity contribution in [2.75, 3.05) is 13.1 Å². The lowest BCUT2D eigenvalue weighted by Gasteiger charge is -2.13. The molecule has 2 N–H and O–H groups in total. The first-order valence-electron chi connectivity index (χ1n) is 6.22. The number of benzene rings is 1. The fourth-order valence-electron chi connectivity index (χ4n) is 2.10. The van der Waals surface area contributed by atoms with Crippen molar-refractivity contribution in [1.82, 2.24) is 10.6 Å². The second kappa shape index (κ2) is 6.47. The highest BCUT2D eigenvalue weighted by Crippen LogP contribution is 2.20. The van der Waals surface area contributed by atoms with Gasteiger partial charge in [-0.1, -0.05) is 12.1 Å². The van der Waals surface area contributed by atoms with E-state index < -0.39 is 12.5 Å². The van der Waals surface area contributed by atoms with E-state index in [1.54, 1.807) is 12.1 Å². The fraction of sp³-hybridized carbons (Fsp3) is 0.462. The average molecular weight is 270 g/mol. The second-order valence-electron chi connectivity index (χ2n) is 4.38. The van der Waals surface area contributed by atoms with Gasteiger partial charge in [-0.05, 0) is 31.5 Å². The first-order valence-corrected chi connectivity index (χ1v) is 6.22. The number of carbonyl (C=O) groups is 1. The summed E-state index contributed by atoms with van der Waals surface area (Å²) in [7, 11) is 0. The molecular weight excluding hydrogens is 254 g/mol. The molecule has 1 aliphatic heterocycles. The molecule has 1 amide bonds. The Labute approximate surface area is 110 Å². The smallest absolute Gasteiger partial charge is 0.387 e. The minimum atomic E-state index is -2.94. The third kappa shape index (κ3) is 3.89. The van der Waals surface area contributed by atoms with Gasteiger partial charge in [0.05, 0.1) is 5.56 Å². The Balaban J connectivity index is 1.97. The van der Waals surface area contributed by atoms with Crippen LogP contribution in [-0.4, -0.2) is 31.7 Å². The number of ether oxygens (including phenoxy) is 1. The molecule has 2 rings (SSSR count). The van der Waals surface area contributed by atoms with Crippen LogP contribution in [-0.2, 0) is 0 Å². The van der Waals surface area contributed by atoms with E-state index in [0.29, 0.717) is 6.54 Å². The van der Waals surface area contributed by atoms with Crippen molar-refractivity contribution < 1.29 is 18.3 Å². The summed E-state index contributed by atoms with van der Waals surface area (Å²) in [5, 5.41) is 5.97. The summed E-state index contributed by atoms with van der Waals surface area (Å²) in [6.07, 6.45) is 2.10. The maximum Gasteiger partial charge on any atom is 0.387 e. The minimum absolute atomic E-state index is 0.102. The van der Waals surface area contributed by atoms with Crippen LogP contribution in [0, 0.1) is 0 Å². The van der Waals surface area contributed by atoms with Gasteiger partial charge in [-0.2, -0.15) is 8.78 Å². The van der Waals surface area contributed by atoms with Gasteiger partial charge in [0.1, 0.15) is 5.75 Å². The van der Waals surface area contributed by atoms with E-state index in [9.17, 15) is 13.6 Å². The first-order chi connectivity index (χ1) is 9.16. The summed E-state index contributed by atoms with van der Waals surface area (Å²) >= 11 is 0. The van der Waals surface area contributed by atoms with Crippen molar-refractivity contribution >= 4 is 5.91 Å². The van der Waals surface area contributed by atoms with Crippen LogP contribution in [0.4, 0.5) is 8.78 Å². The average Bonchev–Trinajstić information content (AvgIpc) is 2.89. The van der Waals surface area contributed by atoms with E-state index in [0.717, 1.165) is 19.4 Å². The van der Waals surface area contributed by atoms with E-state index in [1.165, 1.54) is 12.1 Å².